The summed E-state index contributed by atoms with van der Waals surface area (Å²) in [7, 11) is 0. The fraction of sp³-hybridized carbons (Fsp3) is 0.150. The molecule has 0 fully saturated rings. The highest BCUT2D eigenvalue weighted by Crippen LogP contribution is 2.43. The van der Waals surface area contributed by atoms with E-state index >= 15 is 0 Å². The summed E-state index contributed by atoms with van der Waals surface area (Å²) >= 11 is 10.5. The van der Waals surface area contributed by atoms with Gasteiger partial charge in [-0.05, 0) is 37.3 Å². The molecule has 0 saturated heterocycles. The molecule has 0 spiro atoms. The van der Waals surface area contributed by atoms with E-state index in [4.69, 9.17) is 16.6 Å². The number of nitrogens with one attached hydrogen (secondary N) is 1. The van der Waals surface area contributed by atoms with E-state index in [0.29, 0.717) is 0 Å². The Balaban J connectivity index is 1.94. The maximum Gasteiger partial charge on any atom is 0.209 e. The monoisotopic (exact) mass is 413 g/mol. The minimum absolute atomic E-state index is 0.0476. The quantitative estimate of drug-likeness (QED) is 0.537. The summed E-state index contributed by atoms with van der Waals surface area (Å²) < 4.78 is 2.18. The lowest BCUT2D eigenvalue weighted by molar-refractivity contribution is 0.433. The van der Waals surface area contributed by atoms with Crippen molar-refractivity contribution in [2.75, 3.05) is 5.32 Å². The summed E-state index contributed by atoms with van der Waals surface area (Å²) in [6.45, 7) is 2.12. The number of anilines is 2. The van der Waals surface area contributed by atoms with Crippen molar-refractivity contribution in [1.82, 2.24) is 9.55 Å². The topological polar surface area (TPSA) is 29.9 Å². The molecule has 2 aromatic carbocycles. The number of allylic oxidation sites excluding steroid dienone is 4. The molecular formula is C20H17BrClN3. The second kappa shape index (κ2) is 6.36. The third-order valence-electron chi connectivity index (χ3n) is 4.60. The van der Waals surface area contributed by atoms with Crippen molar-refractivity contribution < 1.29 is 0 Å². The number of hydrogen-bond acceptors (Lipinski definition) is 2. The van der Waals surface area contributed by atoms with Gasteiger partial charge >= 0.3 is 0 Å². The van der Waals surface area contributed by atoms with Gasteiger partial charge in [0.2, 0.25) is 5.95 Å². The Kier molecular flexibility index (Phi) is 4.18. The first-order valence-electron chi connectivity index (χ1n) is 8.09. The molecule has 0 aliphatic heterocycles. The number of fused-ring (bicyclic) bond motifs is 1. The molecule has 0 radical (unpaired) electrons. The molecule has 2 unspecified atom stereocenters. The molecule has 5 heteroatoms. The van der Waals surface area contributed by atoms with Crippen molar-refractivity contribution >= 4 is 50.2 Å². The highest BCUT2D eigenvalue weighted by Gasteiger charge is 2.40. The van der Waals surface area contributed by atoms with Crippen LogP contribution in [-0.2, 0) is 5.54 Å². The average Bonchev–Trinajstić information content (AvgIpc) is 2.99. The summed E-state index contributed by atoms with van der Waals surface area (Å²) in [5.74, 6) is 0.765. The molecule has 126 valence electrons. The summed E-state index contributed by atoms with van der Waals surface area (Å²) in [4.78, 5) is 4.87. The zero-order valence-corrected chi connectivity index (χ0v) is 16.0. The molecule has 25 heavy (non-hydrogen) atoms. The molecule has 0 bridgehead atoms. The van der Waals surface area contributed by atoms with E-state index in [2.05, 4.69) is 44.9 Å². The number of rotatable bonds is 3. The van der Waals surface area contributed by atoms with Gasteiger partial charge in [-0.1, -0.05) is 70.0 Å². The van der Waals surface area contributed by atoms with Gasteiger partial charge in [-0.2, -0.15) is 0 Å². The Bertz CT molecular complexity index is 977. The third-order valence-corrected chi connectivity index (χ3v) is 6.30. The third kappa shape index (κ3) is 2.70. The van der Waals surface area contributed by atoms with Crippen molar-refractivity contribution in [3.8, 4) is 0 Å². The maximum atomic E-state index is 6.69. The Morgan fingerprint density at radius 3 is 2.60 bits per heavy atom. The Labute approximate surface area is 160 Å². The van der Waals surface area contributed by atoms with Gasteiger partial charge in [0.25, 0.3) is 0 Å². The highest BCUT2D eigenvalue weighted by molar-refractivity contribution is 9.09. The molecule has 1 aliphatic rings. The molecule has 1 aromatic heterocycles. The van der Waals surface area contributed by atoms with E-state index in [9.17, 15) is 0 Å². The first-order valence-corrected chi connectivity index (χ1v) is 9.38. The number of benzene rings is 2. The van der Waals surface area contributed by atoms with Crippen LogP contribution in [0.5, 0.6) is 0 Å². The number of aromatic nitrogens is 2. The predicted molar refractivity (Wildman–Crippen MR) is 109 cm³/mol. The lowest BCUT2D eigenvalue weighted by Crippen LogP contribution is -2.40. The fourth-order valence-corrected chi connectivity index (χ4v) is 4.22. The summed E-state index contributed by atoms with van der Waals surface area (Å²) in [5, 5.41) is 4.21. The summed E-state index contributed by atoms with van der Waals surface area (Å²) in [6, 6.07) is 18.2. The highest BCUT2D eigenvalue weighted by atomic mass is 79.9. The Morgan fingerprint density at radius 1 is 1.12 bits per heavy atom. The predicted octanol–water partition coefficient (Wildman–Crippen LogP) is 5.95. The average molecular weight is 415 g/mol. The summed E-state index contributed by atoms with van der Waals surface area (Å²) in [6.07, 6.45) is 6.03. The van der Waals surface area contributed by atoms with Crippen LogP contribution in [0.4, 0.5) is 11.6 Å². The normalized spacial score (nSPS) is 22.8. The molecule has 1 N–H and O–H groups in total. The number of halogens is 2. The van der Waals surface area contributed by atoms with Gasteiger partial charge in [-0.25, -0.2) is 4.98 Å². The molecule has 2 atom stereocenters. The van der Waals surface area contributed by atoms with E-state index in [-0.39, 0.29) is 4.83 Å². The zero-order chi connectivity index (χ0) is 17.4. The van der Waals surface area contributed by atoms with Crippen LogP contribution in [0.25, 0.3) is 11.0 Å². The number of imidazole rings is 1. The van der Waals surface area contributed by atoms with E-state index in [0.717, 1.165) is 27.7 Å². The van der Waals surface area contributed by atoms with E-state index in [1.54, 1.807) is 0 Å². The molecule has 3 nitrogen and oxygen atoms in total. The fourth-order valence-electron chi connectivity index (χ4n) is 3.19. The summed E-state index contributed by atoms with van der Waals surface area (Å²) in [5.41, 5.74) is 2.47. The van der Waals surface area contributed by atoms with Crippen LogP contribution in [-0.4, -0.2) is 14.4 Å². The number of hydrogen-bond donors (Lipinski definition) is 1. The van der Waals surface area contributed by atoms with Crippen LogP contribution < -0.4 is 5.32 Å². The van der Waals surface area contributed by atoms with Crippen LogP contribution in [0.15, 0.2) is 77.9 Å². The maximum absolute atomic E-state index is 6.69. The second-order valence-corrected chi connectivity index (χ2v) is 7.59. The van der Waals surface area contributed by atoms with Gasteiger partial charge < -0.3 is 5.32 Å². The van der Waals surface area contributed by atoms with Gasteiger partial charge in [-0.3, -0.25) is 4.57 Å². The number of nitrogens with zero attached hydrogens (tertiary/aromatic N) is 2. The van der Waals surface area contributed by atoms with Crippen molar-refractivity contribution in [1.29, 1.82) is 0 Å². The molecule has 4 rings (SSSR count). The lowest BCUT2D eigenvalue weighted by Gasteiger charge is -2.37. The smallest absolute Gasteiger partial charge is 0.209 e. The van der Waals surface area contributed by atoms with Gasteiger partial charge in [0.15, 0.2) is 0 Å². The standard InChI is InChI=1S/C20H17BrClN3/c1-20(17(21)12-7-13-18(20)22)25-16-11-6-5-10-15(16)24-19(25)23-14-8-3-2-4-9-14/h2-13,17H,1H3,(H,23,24). The van der Waals surface area contributed by atoms with Crippen LogP contribution in [0.3, 0.4) is 0 Å². The van der Waals surface area contributed by atoms with Gasteiger partial charge in [-0.15, -0.1) is 0 Å². The first-order chi connectivity index (χ1) is 12.1. The van der Waals surface area contributed by atoms with Crippen molar-refractivity contribution in [3.63, 3.8) is 0 Å². The second-order valence-electron chi connectivity index (χ2n) is 6.20. The van der Waals surface area contributed by atoms with Gasteiger partial charge in [0, 0.05) is 10.7 Å². The zero-order valence-electron chi connectivity index (χ0n) is 13.7. The van der Waals surface area contributed by atoms with Crippen LogP contribution in [0, 0.1) is 0 Å². The van der Waals surface area contributed by atoms with Crippen LogP contribution >= 0.6 is 27.5 Å². The Morgan fingerprint density at radius 2 is 1.84 bits per heavy atom. The van der Waals surface area contributed by atoms with Gasteiger partial charge in [0.1, 0.15) is 0 Å². The van der Waals surface area contributed by atoms with Crippen molar-refractivity contribution in [3.05, 3.63) is 77.9 Å². The molecule has 0 amide bonds. The van der Waals surface area contributed by atoms with E-state index < -0.39 is 5.54 Å². The van der Waals surface area contributed by atoms with E-state index in [1.165, 1.54) is 0 Å². The molecule has 1 aliphatic carbocycles. The minimum atomic E-state index is -0.483. The SMILES string of the molecule is CC1(n2c(Nc3ccccc3)nc3ccccc32)C(Cl)=CC=CC1Br. The number of alkyl halides is 1. The first kappa shape index (κ1) is 16.4. The van der Waals surface area contributed by atoms with Crippen molar-refractivity contribution in [2.45, 2.75) is 17.3 Å². The van der Waals surface area contributed by atoms with Gasteiger partial charge in [0.05, 0.1) is 21.4 Å². The van der Waals surface area contributed by atoms with Crippen LogP contribution in [0.1, 0.15) is 6.92 Å². The molecule has 0 saturated carbocycles. The lowest BCUT2D eigenvalue weighted by atomic mass is 9.92. The van der Waals surface area contributed by atoms with E-state index in [1.807, 2.05) is 60.7 Å². The molecule has 1 heterocycles. The van der Waals surface area contributed by atoms with Crippen molar-refractivity contribution in [2.24, 2.45) is 0 Å². The molecular weight excluding hydrogens is 398 g/mol. The Hall–Kier alpha value is -2.04. The molecule has 3 aromatic rings. The number of para-hydroxylation sites is 3. The van der Waals surface area contributed by atoms with Crippen LogP contribution in [0.2, 0.25) is 0 Å². The minimum Gasteiger partial charge on any atom is -0.326 e. The largest absolute Gasteiger partial charge is 0.326 e.